The van der Waals surface area contributed by atoms with E-state index in [2.05, 4.69) is 35.3 Å². The first-order chi connectivity index (χ1) is 14.9. The Labute approximate surface area is 194 Å². The number of nitrogens with zero attached hydrogens (tertiary/aromatic N) is 2. The van der Waals surface area contributed by atoms with Crippen LogP contribution < -0.4 is 10.6 Å². The number of benzene rings is 1. The summed E-state index contributed by atoms with van der Waals surface area (Å²) in [6.07, 6.45) is 2.94. The van der Waals surface area contributed by atoms with Crippen molar-refractivity contribution in [3.63, 3.8) is 0 Å². The van der Waals surface area contributed by atoms with Crippen molar-refractivity contribution in [2.24, 2.45) is 4.99 Å². The Kier molecular flexibility index (Phi) is 5.53. The Balaban J connectivity index is 1.51. The second-order valence-electron chi connectivity index (χ2n) is 10.5. The van der Waals surface area contributed by atoms with Gasteiger partial charge in [0.1, 0.15) is 11.7 Å². The number of anilines is 1. The zero-order chi connectivity index (χ0) is 23.5. The number of halogens is 2. The highest BCUT2D eigenvalue weighted by Crippen LogP contribution is 2.55. The van der Waals surface area contributed by atoms with Crippen LogP contribution in [-0.4, -0.2) is 49.4 Å². The molecule has 1 aliphatic carbocycles. The van der Waals surface area contributed by atoms with Gasteiger partial charge in [-0.25, -0.2) is 9.18 Å². The minimum Gasteiger partial charge on any atom is -0.311 e. The predicted octanol–water partition coefficient (Wildman–Crippen LogP) is 5.19. The Hall–Kier alpha value is -2.19. The lowest BCUT2D eigenvalue weighted by Crippen LogP contribution is -2.55. The van der Waals surface area contributed by atoms with Gasteiger partial charge in [-0.15, -0.1) is 0 Å². The van der Waals surface area contributed by atoms with Crippen LogP contribution in [0.3, 0.4) is 0 Å². The Morgan fingerprint density at radius 2 is 1.88 bits per heavy atom. The van der Waals surface area contributed by atoms with E-state index in [0.717, 1.165) is 30.4 Å². The summed E-state index contributed by atoms with van der Waals surface area (Å²) in [5, 5.41) is 5.83. The number of hydrogen-bond acceptors (Lipinski definition) is 3. The smallest absolute Gasteiger partial charge is 0.311 e. The van der Waals surface area contributed by atoms with Crippen molar-refractivity contribution in [1.29, 1.82) is 0 Å². The SMILES string of the molecule is CC1(C)C2=C(CN1C(=O)Nc1cc(Cl)ccc1F)C(NC(=O)C1([Si](C)(C)C)CCC1)=NC2. The maximum Gasteiger partial charge on any atom is 0.322 e. The highest BCUT2D eigenvalue weighted by Gasteiger charge is 2.54. The summed E-state index contributed by atoms with van der Waals surface area (Å²) >= 11 is 5.95. The van der Waals surface area contributed by atoms with Gasteiger partial charge in [-0.3, -0.25) is 9.79 Å². The summed E-state index contributed by atoms with van der Waals surface area (Å²) in [5.41, 5.74) is 1.31. The third kappa shape index (κ3) is 3.57. The summed E-state index contributed by atoms with van der Waals surface area (Å²) in [5.74, 6) is 0.0934. The molecule has 1 aromatic carbocycles. The maximum atomic E-state index is 14.1. The normalized spacial score (nSPS) is 21.1. The molecule has 32 heavy (non-hydrogen) atoms. The van der Waals surface area contributed by atoms with E-state index in [4.69, 9.17) is 11.6 Å². The molecule has 0 bridgehead atoms. The summed E-state index contributed by atoms with van der Waals surface area (Å²) in [7, 11) is -1.71. The average Bonchev–Trinajstić information content (AvgIpc) is 3.14. The fraction of sp³-hybridized carbons (Fsp3) is 0.522. The molecule has 2 heterocycles. The lowest BCUT2D eigenvalue weighted by molar-refractivity contribution is -0.125. The van der Waals surface area contributed by atoms with Crippen molar-refractivity contribution >= 4 is 43.1 Å². The van der Waals surface area contributed by atoms with E-state index in [1.165, 1.54) is 18.2 Å². The molecule has 172 valence electrons. The number of aliphatic imine (C=N–C) groups is 1. The van der Waals surface area contributed by atoms with Gasteiger partial charge in [0.2, 0.25) is 5.91 Å². The molecular formula is C23H30ClFN4O2Si. The topological polar surface area (TPSA) is 73.8 Å². The van der Waals surface area contributed by atoms with E-state index in [0.29, 0.717) is 23.9 Å². The zero-order valence-electron chi connectivity index (χ0n) is 19.2. The summed E-state index contributed by atoms with van der Waals surface area (Å²) in [6.45, 7) is 11.4. The molecule has 1 aromatic rings. The fourth-order valence-corrected chi connectivity index (χ4v) is 7.80. The molecule has 1 fully saturated rings. The van der Waals surface area contributed by atoms with Gasteiger partial charge >= 0.3 is 6.03 Å². The van der Waals surface area contributed by atoms with Crippen molar-refractivity contribution in [2.45, 2.75) is 63.3 Å². The fourth-order valence-electron chi connectivity index (χ4n) is 5.04. The Bertz CT molecular complexity index is 1060. The molecule has 3 amide bonds. The van der Waals surface area contributed by atoms with Crippen LogP contribution in [0.25, 0.3) is 0 Å². The van der Waals surface area contributed by atoms with Crippen molar-refractivity contribution in [3.8, 4) is 0 Å². The van der Waals surface area contributed by atoms with Crippen LogP contribution in [0.1, 0.15) is 33.1 Å². The van der Waals surface area contributed by atoms with Crippen LogP contribution in [0.2, 0.25) is 29.7 Å². The second-order valence-corrected chi connectivity index (χ2v) is 16.4. The molecule has 0 unspecified atom stereocenters. The molecule has 0 aromatic heterocycles. The standard InChI is InChI=1S/C23H30ClFN4O2Si/c1-22(2)16-12-26-19(28-20(30)23(9-6-10-23)32(3,4)5)15(16)13-29(22)21(31)27-18-11-14(24)7-8-17(18)25/h7-8,11H,6,9-10,12-13H2,1-5H3,(H,27,31)(H,26,28,30). The van der Waals surface area contributed by atoms with Crippen molar-refractivity contribution in [2.75, 3.05) is 18.4 Å². The van der Waals surface area contributed by atoms with Crippen LogP contribution >= 0.6 is 11.6 Å². The van der Waals surface area contributed by atoms with Gasteiger partial charge in [0.15, 0.2) is 0 Å². The predicted molar refractivity (Wildman–Crippen MR) is 129 cm³/mol. The first kappa shape index (κ1) is 23.0. The molecule has 9 heteroatoms. The number of amides is 3. The van der Waals surface area contributed by atoms with Crippen LogP contribution in [-0.2, 0) is 4.79 Å². The number of rotatable bonds is 3. The Morgan fingerprint density at radius 3 is 2.47 bits per heavy atom. The number of nitrogens with one attached hydrogen (secondary N) is 2. The molecule has 0 saturated heterocycles. The van der Waals surface area contributed by atoms with Crippen molar-refractivity contribution < 1.29 is 14.0 Å². The van der Waals surface area contributed by atoms with Crippen molar-refractivity contribution in [3.05, 3.63) is 40.2 Å². The number of amidine groups is 1. The molecule has 6 nitrogen and oxygen atoms in total. The highest BCUT2D eigenvalue weighted by molar-refractivity contribution is 6.82. The van der Waals surface area contributed by atoms with Gasteiger partial charge in [0, 0.05) is 15.6 Å². The van der Waals surface area contributed by atoms with Crippen LogP contribution in [0.4, 0.5) is 14.9 Å². The highest BCUT2D eigenvalue weighted by atomic mass is 35.5. The van der Waals surface area contributed by atoms with Gasteiger partial charge in [0.05, 0.1) is 32.4 Å². The van der Waals surface area contributed by atoms with Crippen LogP contribution in [0, 0.1) is 5.82 Å². The molecule has 3 aliphatic rings. The number of urea groups is 1. The van der Waals surface area contributed by atoms with Crippen LogP contribution in [0.5, 0.6) is 0 Å². The molecule has 2 N–H and O–H groups in total. The van der Waals surface area contributed by atoms with Gasteiger partial charge in [-0.2, -0.15) is 0 Å². The van der Waals surface area contributed by atoms with Gasteiger partial charge in [-0.1, -0.05) is 37.7 Å². The van der Waals surface area contributed by atoms with E-state index in [1.807, 2.05) is 13.8 Å². The number of carbonyl (C=O) groups is 2. The quantitative estimate of drug-likeness (QED) is 0.589. The molecule has 2 aliphatic heterocycles. The monoisotopic (exact) mass is 476 g/mol. The maximum absolute atomic E-state index is 14.1. The molecular weight excluding hydrogens is 447 g/mol. The second kappa shape index (κ2) is 7.69. The molecule has 0 atom stereocenters. The Morgan fingerprint density at radius 1 is 1.19 bits per heavy atom. The van der Waals surface area contributed by atoms with Gasteiger partial charge in [-0.05, 0) is 50.5 Å². The third-order valence-electron chi connectivity index (χ3n) is 7.50. The molecule has 0 spiro atoms. The minimum absolute atomic E-state index is 0.0367. The van der Waals surface area contributed by atoms with E-state index in [9.17, 15) is 14.0 Å². The first-order valence-corrected chi connectivity index (χ1v) is 14.9. The summed E-state index contributed by atoms with van der Waals surface area (Å²) in [4.78, 5) is 32.6. The van der Waals surface area contributed by atoms with Gasteiger partial charge < -0.3 is 15.5 Å². The molecule has 4 rings (SSSR count). The number of hydrogen-bond donors (Lipinski definition) is 2. The largest absolute Gasteiger partial charge is 0.322 e. The zero-order valence-corrected chi connectivity index (χ0v) is 21.0. The molecule has 0 radical (unpaired) electrons. The third-order valence-corrected chi connectivity index (χ3v) is 11.3. The van der Waals surface area contributed by atoms with E-state index in [1.54, 1.807) is 4.90 Å². The lowest BCUT2D eigenvalue weighted by atomic mass is 9.83. The summed E-state index contributed by atoms with van der Waals surface area (Å²) in [6, 6.07) is 3.62. The summed E-state index contributed by atoms with van der Waals surface area (Å²) < 4.78 is 14.1. The first-order valence-electron chi connectivity index (χ1n) is 11.0. The average molecular weight is 477 g/mol. The minimum atomic E-state index is -1.71. The van der Waals surface area contributed by atoms with Gasteiger partial charge in [0.25, 0.3) is 0 Å². The van der Waals surface area contributed by atoms with E-state index < -0.39 is 25.5 Å². The van der Waals surface area contributed by atoms with E-state index >= 15 is 0 Å². The van der Waals surface area contributed by atoms with E-state index in [-0.39, 0.29) is 16.6 Å². The van der Waals surface area contributed by atoms with Crippen LogP contribution in [0.15, 0.2) is 34.3 Å². The molecule has 1 saturated carbocycles. The lowest BCUT2D eigenvalue weighted by Gasteiger charge is -2.49. The number of carbonyl (C=O) groups excluding carboxylic acids is 2. The van der Waals surface area contributed by atoms with Crippen molar-refractivity contribution in [1.82, 2.24) is 10.2 Å².